The van der Waals surface area contributed by atoms with Crippen LogP contribution < -0.4 is 4.90 Å². The molecule has 1 aromatic carbocycles. The van der Waals surface area contributed by atoms with Crippen molar-refractivity contribution in [1.82, 2.24) is 0 Å². The normalized spacial score (nSPS) is 16.8. The molecule has 1 aliphatic heterocycles. The van der Waals surface area contributed by atoms with E-state index < -0.39 is 0 Å². The van der Waals surface area contributed by atoms with Crippen LogP contribution >= 0.6 is 0 Å². The van der Waals surface area contributed by atoms with E-state index in [1.165, 1.54) is 0 Å². The van der Waals surface area contributed by atoms with Gasteiger partial charge in [-0.15, -0.1) is 0 Å². The van der Waals surface area contributed by atoms with E-state index in [4.69, 9.17) is 4.74 Å². The van der Waals surface area contributed by atoms with E-state index in [0.29, 0.717) is 13.2 Å². The fourth-order valence-corrected chi connectivity index (χ4v) is 2.05. The Bertz CT molecular complexity index is 399. The van der Waals surface area contributed by atoms with Crippen molar-refractivity contribution in [2.75, 3.05) is 25.2 Å². The van der Waals surface area contributed by atoms with Crippen LogP contribution in [-0.4, -0.2) is 31.3 Å². The molecule has 1 saturated heterocycles. The number of rotatable bonds is 2. The van der Waals surface area contributed by atoms with Gasteiger partial charge in [0.15, 0.2) is 0 Å². The van der Waals surface area contributed by atoms with Gasteiger partial charge in [-0.05, 0) is 25.0 Å². The number of aromatic hydroxyl groups is 1. The Balaban J connectivity index is 2.08. The molecule has 1 amide bonds. The van der Waals surface area contributed by atoms with Crippen LogP contribution in [-0.2, 0) is 9.53 Å². The molecule has 2 rings (SSSR count). The lowest BCUT2D eigenvalue weighted by Crippen LogP contribution is -2.35. The Morgan fingerprint density at radius 3 is 2.76 bits per heavy atom. The van der Waals surface area contributed by atoms with Gasteiger partial charge in [0, 0.05) is 37.9 Å². The lowest BCUT2D eigenvalue weighted by molar-refractivity contribution is -0.124. The third-order valence-electron chi connectivity index (χ3n) is 3.12. The van der Waals surface area contributed by atoms with E-state index in [2.05, 4.69) is 0 Å². The minimum Gasteiger partial charge on any atom is -0.508 e. The lowest BCUT2D eigenvalue weighted by atomic mass is 9.98. The van der Waals surface area contributed by atoms with Gasteiger partial charge in [-0.25, -0.2) is 0 Å². The van der Waals surface area contributed by atoms with Crippen molar-refractivity contribution in [3.8, 4) is 5.75 Å². The van der Waals surface area contributed by atoms with Crippen molar-refractivity contribution in [3.05, 3.63) is 24.3 Å². The summed E-state index contributed by atoms with van der Waals surface area (Å²) in [6.07, 6.45) is 1.56. The zero-order valence-corrected chi connectivity index (χ0v) is 9.93. The Morgan fingerprint density at radius 2 is 2.12 bits per heavy atom. The minimum absolute atomic E-state index is 0.0381. The van der Waals surface area contributed by atoms with Crippen LogP contribution in [0.5, 0.6) is 5.75 Å². The number of benzene rings is 1. The number of hydrogen-bond donors (Lipinski definition) is 1. The van der Waals surface area contributed by atoms with E-state index in [0.717, 1.165) is 18.5 Å². The van der Waals surface area contributed by atoms with Gasteiger partial charge in [0.25, 0.3) is 0 Å². The van der Waals surface area contributed by atoms with E-state index in [1.807, 2.05) is 6.07 Å². The van der Waals surface area contributed by atoms with Crippen molar-refractivity contribution < 1.29 is 14.6 Å². The average molecular weight is 235 g/mol. The molecule has 1 N–H and O–H groups in total. The molecule has 0 radical (unpaired) electrons. The van der Waals surface area contributed by atoms with Crippen LogP contribution in [0.1, 0.15) is 12.8 Å². The number of hydrogen-bond acceptors (Lipinski definition) is 3. The molecule has 1 heterocycles. The van der Waals surface area contributed by atoms with Gasteiger partial charge in [-0.2, -0.15) is 0 Å². The Hall–Kier alpha value is -1.55. The van der Waals surface area contributed by atoms with Gasteiger partial charge in [0.1, 0.15) is 5.75 Å². The van der Waals surface area contributed by atoms with E-state index >= 15 is 0 Å². The first-order valence-corrected chi connectivity index (χ1v) is 5.83. The van der Waals surface area contributed by atoms with E-state index in [9.17, 15) is 9.90 Å². The molecule has 4 heteroatoms. The largest absolute Gasteiger partial charge is 0.508 e. The van der Waals surface area contributed by atoms with E-state index in [1.54, 1.807) is 30.1 Å². The smallest absolute Gasteiger partial charge is 0.230 e. The molecular formula is C13H17NO3. The predicted molar refractivity (Wildman–Crippen MR) is 65.1 cm³/mol. The number of ether oxygens (including phenoxy) is 1. The summed E-state index contributed by atoms with van der Waals surface area (Å²) in [6, 6.07) is 6.74. The zero-order chi connectivity index (χ0) is 12.3. The Morgan fingerprint density at radius 1 is 1.41 bits per heavy atom. The summed E-state index contributed by atoms with van der Waals surface area (Å²) in [4.78, 5) is 13.8. The number of phenols is 1. The van der Waals surface area contributed by atoms with Crippen LogP contribution in [0.25, 0.3) is 0 Å². The summed E-state index contributed by atoms with van der Waals surface area (Å²) in [6.45, 7) is 1.31. The van der Waals surface area contributed by atoms with Crippen LogP contribution in [0.4, 0.5) is 5.69 Å². The standard InChI is InChI=1S/C13H17NO3/c1-14(11-3-2-4-12(15)9-11)13(16)10-5-7-17-8-6-10/h2-4,9-10,15H,5-8H2,1H3. The van der Waals surface area contributed by atoms with Crippen molar-refractivity contribution in [2.24, 2.45) is 5.92 Å². The molecule has 4 nitrogen and oxygen atoms in total. The van der Waals surface area contributed by atoms with Crippen molar-refractivity contribution in [3.63, 3.8) is 0 Å². The molecule has 1 fully saturated rings. The summed E-state index contributed by atoms with van der Waals surface area (Å²) < 4.78 is 5.24. The predicted octanol–water partition coefficient (Wildman–Crippen LogP) is 1.78. The Labute approximate surface area is 101 Å². The highest BCUT2D eigenvalue weighted by atomic mass is 16.5. The van der Waals surface area contributed by atoms with Gasteiger partial charge in [-0.3, -0.25) is 4.79 Å². The molecular weight excluding hydrogens is 218 g/mol. The Kier molecular flexibility index (Phi) is 3.64. The topological polar surface area (TPSA) is 49.8 Å². The summed E-state index contributed by atoms with van der Waals surface area (Å²) in [5.74, 6) is 0.309. The third kappa shape index (κ3) is 2.77. The average Bonchev–Trinajstić information content (AvgIpc) is 2.38. The molecule has 17 heavy (non-hydrogen) atoms. The van der Waals surface area contributed by atoms with Gasteiger partial charge in [-0.1, -0.05) is 6.07 Å². The second kappa shape index (κ2) is 5.19. The molecule has 1 aliphatic rings. The second-order valence-corrected chi connectivity index (χ2v) is 4.30. The number of amides is 1. The first-order valence-electron chi connectivity index (χ1n) is 5.83. The highest BCUT2D eigenvalue weighted by Gasteiger charge is 2.25. The second-order valence-electron chi connectivity index (χ2n) is 4.30. The maximum atomic E-state index is 12.2. The van der Waals surface area contributed by atoms with E-state index in [-0.39, 0.29) is 17.6 Å². The summed E-state index contributed by atoms with van der Waals surface area (Å²) >= 11 is 0. The number of carbonyl (C=O) groups is 1. The quantitative estimate of drug-likeness (QED) is 0.850. The van der Waals surface area contributed by atoms with Crippen LogP contribution in [0.3, 0.4) is 0 Å². The molecule has 0 aliphatic carbocycles. The summed E-state index contributed by atoms with van der Waals surface area (Å²) in [5.41, 5.74) is 0.724. The molecule has 1 aromatic rings. The van der Waals surface area contributed by atoms with Crippen molar-refractivity contribution >= 4 is 11.6 Å². The number of anilines is 1. The molecule has 0 saturated carbocycles. The molecule has 0 aromatic heterocycles. The maximum Gasteiger partial charge on any atom is 0.230 e. The fourth-order valence-electron chi connectivity index (χ4n) is 2.05. The van der Waals surface area contributed by atoms with Crippen molar-refractivity contribution in [2.45, 2.75) is 12.8 Å². The third-order valence-corrected chi connectivity index (χ3v) is 3.12. The number of carbonyl (C=O) groups excluding carboxylic acids is 1. The van der Waals surface area contributed by atoms with Gasteiger partial charge < -0.3 is 14.7 Å². The van der Waals surface area contributed by atoms with Gasteiger partial charge in [0.05, 0.1) is 0 Å². The highest BCUT2D eigenvalue weighted by molar-refractivity contribution is 5.94. The molecule has 0 atom stereocenters. The number of nitrogens with zero attached hydrogens (tertiary/aromatic N) is 1. The lowest BCUT2D eigenvalue weighted by Gasteiger charge is -2.26. The number of phenolic OH excluding ortho intramolecular Hbond substituents is 1. The van der Waals surface area contributed by atoms with Crippen LogP contribution in [0, 0.1) is 5.92 Å². The molecule has 0 bridgehead atoms. The van der Waals surface area contributed by atoms with Crippen LogP contribution in [0.15, 0.2) is 24.3 Å². The molecule has 0 unspecified atom stereocenters. The highest BCUT2D eigenvalue weighted by Crippen LogP contribution is 2.23. The van der Waals surface area contributed by atoms with Gasteiger partial charge in [0.2, 0.25) is 5.91 Å². The minimum atomic E-state index is 0.0381. The molecule has 0 spiro atoms. The zero-order valence-electron chi connectivity index (χ0n) is 9.93. The fraction of sp³-hybridized carbons (Fsp3) is 0.462. The molecule has 92 valence electrons. The van der Waals surface area contributed by atoms with Crippen LogP contribution in [0.2, 0.25) is 0 Å². The van der Waals surface area contributed by atoms with Crippen molar-refractivity contribution in [1.29, 1.82) is 0 Å². The first kappa shape index (κ1) is 11.9. The monoisotopic (exact) mass is 235 g/mol. The maximum absolute atomic E-state index is 12.2. The first-order chi connectivity index (χ1) is 8.18. The summed E-state index contributed by atoms with van der Waals surface area (Å²) in [5, 5.41) is 9.40. The van der Waals surface area contributed by atoms with Gasteiger partial charge >= 0.3 is 0 Å². The SMILES string of the molecule is CN(C(=O)C1CCOCC1)c1cccc(O)c1. The summed E-state index contributed by atoms with van der Waals surface area (Å²) in [7, 11) is 1.74.